The lowest BCUT2D eigenvalue weighted by Gasteiger charge is -2.11. The van der Waals surface area contributed by atoms with Crippen LogP contribution in [0.4, 0.5) is 0 Å². The van der Waals surface area contributed by atoms with Gasteiger partial charge in [-0.25, -0.2) is 4.68 Å². The van der Waals surface area contributed by atoms with Crippen molar-refractivity contribution in [1.29, 1.82) is 0 Å². The van der Waals surface area contributed by atoms with Gasteiger partial charge in [0.1, 0.15) is 0 Å². The summed E-state index contributed by atoms with van der Waals surface area (Å²) in [5.41, 5.74) is 7.37. The van der Waals surface area contributed by atoms with Crippen LogP contribution >= 0.6 is 0 Å². The third kappa shape index (κ3) is 2.93. The molecule has 0 amide bonds. The number of nitrogens with one attached hydrogen (secondary N) is 1. The maximum atomic E-state index is 4.67. The zero-order valence-corrected chi connectivity index (χ0v) is 13.2. The number of rotatable bonds is 5. The second-order valence-electron chi connectivity index (χ2n) is 5.51. The normalized spacial score (nSPS) is 11.1. The first kappa shape index (κ1) is 14.8. The van der Waals surface area contributed by atoms with Crippen molar-refractivity contribution in [2.24, 2.45) is 0 Å². The SMILES string of the molecule is CCCNCc1ccc(C)c(-n2nc(C)c(C)c2C)c1. The summed E-state index contributed by atoms with van der Waals surface area (Å²) in [5, 5.41) is 8.13. The summed E-state index contributed by atoms with van der Waals surface area (Å²) in [6.07, 6.45) is 1.16. The highest BCUT2D eigenvalue weighted by atomic mass is 15.3. The zero-order valence-electron chi connectivity index (χ0n) is 13.2. The lowest BCUT2D eigenvalue weighted by atomic mass is 10.1. The third-order valence-electron chi connectivity index (χ3n) is 3.91. The summed E-state index contributed by atoms with van der Waals surface area (Å²) in [4.78, 5) is 0. The molecule has 20 heavy (non-hydrogen) atoms. The smallest absolute Gasteiger partial charge is 0.0681 e. The number of hydrogen-bond donors (Lipinski definition) is 1. The van der Waals surface area contributed by atoms with Gasteiger partial charge >= 0.3 is 0 Å². The molecule has 3 heteroatoms. The Balaban J connectivity index is 2.35. The van der Waals surface area contributed by atoms with Crippen LogP contribution in [-0.2, 0) is 6.54 Å². The quantitative estimate of drug-likeness (QED) is 0.842. The second kappa shape index (κ2) is 6.23. The fourth-order valence-electron chi connectivity index (χ4n) is 2.36. The van der Waals surface area contributed by atoms with Crippen LogP contribution in [0, 0.1) is 27.7 Å². The molecule has 0 fully saturated rings. The van der Waals surface area contributed by atoms with Gasteiger partial charge in [0.2, 0.25) is 0 Å². The van der Waals surface area contributed by atoms with Crippen LogP contribution in [0.25, 0.3) is 5.69 Å². The van der Waals surface area contributed by atoms with Gasteiger partial charge in [-0.15, -0.1) is 0 Å². The molecule has 1 aromatic heterocycles. The van der Waals surface area contributed by atoms with Gasteiger partial charge in [0, 0.05) is 12.2 Å². The standard InChI is InChI=1S/C17H25N3/c1-6-9-18-11-16-8-7-12(2)17(10-16)20-15(5)13(3)14(4)19-20/h7-8,10,18H,6,9,11H2,1-5H3. The van der Waals surface area contributed by atoms with Gasteiger partial charge in [0.15, 0.2) is 0 Å². The Kier molecular flexibility index (Phi) is 4.61. The van der Waals surface area contributed by atoms with E-state index >= 15 is 0 Å². The number of aryl methyl sites for hydroxylation is 2. The molecule has 0 radical (unpaired) electrons. The summed E-state index contributed by atoms with van der Waals surface area (Å²) >= 11 is 0. The molecular weight excluding hydrogens is 246 g/mol. The highest BCUT2D eigenvalue weighted by Gasteiger charge is 2.11. The molecule has 0 aliphatic heterocycles. The third-order valence-corrected chi connectivity index (χ3v) is 3.91. The maximum Gasteiger partial charge on any atom is 0.0681 e. The first-order valence-electron chi connectivity index (χ1n) is 7.38. The molecular formula is C17H25N3. The van der Waals surface area contributed by atoms with Gasteiger partial charge < -0.3 is 5.32 Å². The molecule has 1 heterocycles. The topological polar surface area (TPSA) is 29.9 Å². The molecule has 0 atom stereocenters. The number of aromatic nitrogens is 2. The molecule has 0 aliphatic carbocycles. The molecule has 2 aromatic rings. The van der Waals surface area contributed by atoms with E-state index in [2.05, 4.69) is 67.9 Å². The van der Waals surface area contributed by atoms with Crippen molar-refractivity contribution in [3.63, 3.8) is 0 Å². The van der Waals surface area contributed by atoms with Crippen LogP contribution in [0.1, 0.15) is 41.4 Å². The number of hydrogen-bond acceptors (Lipinski definition) is 2. The van der Waals surface area contributed by atoms with Crippen LogP contribution in [-0.4, -0.2) is 16.3 Å². The molecule has 0 aliphatic rings. The minimum atomic E-state index is 0.916. The Morgan fingerprint density at radius 1 is 1.15 bits per heavy atom. The second-order valence-corrected chi connectivity index (χ2v) is 5.51. The Morgan fingerprint density at radius 2 is 1.90 bits per heavy atom. The summed E-state index contributed by atoms with van der Waals surface area (Å²) in [6.45, 7) is 12.6. The van der Waals surface area contributed by atoms with E-state index in [4.69, 9.17) is 0 Å². The average Bonchev–Trinajstić information content (AvgIpc) is 2.69. The Hall–Kier alpha value is -1.61. The Labute approximate surface area is 122 Å². The molecule has 0 saturated carbocycles. The van der Waals surface area contributed by atoms with Crippen LogP contribution in [0.3, 0.4) is 0 Å². The van der Waals surface area contributed by atoms with Crippen LogP contribution < -0.4 is 5.32 Å². The van der Waals surface area contributed by atoms with E-state index in [-0.39, 0.29) is 0 Å². The molecule has 1 aromatic carbocycles. The highest BCUT2D eigenvalue weighted by Crippen LogP contribution is 2.21. The minimum Gasteiger partial charge on any atom is -0.313 e. The van der Waals surface area contributed by atoms with Gasteiger partial charge in [0.25, 0.3) is 0 Å². The first-order valence-corrected chi connectivity index (χ1v) is 7.38. The molecule has 108 valence electrons. The van der Waals surface area contributed by atoms with Gasteiger partial charge in [-0.3, -0.25) is 0 Å². The zero-order chi connectivity index (χ0) is 14.7. The van der Waals surface area contributed by atoms with Crippen molar-refractivity contribution in [3.8, 4) is 5.69 Å². The van der Waals surface area contributed by atoms with E-state index in [1.807, 2.05) is 0 Å². The van der Waals surface area contributed by atoms with Crippen LogP contribution in [0.2, 0.25) is 0 Å². The van der Waals surface area contributed by atoms with Crippen molar-refractivity contribution in [3.05, 3.63) is 46.3 Å². The number of nitrogens with zero attached hydrogens (tertiary/aromatic N) is 2. The summed E-state index contributed by atoms with van der Waals surface area (Å²) in [6, 6.07) is 6.63. The monoisotopic (exact) mass is 271 g/mol. The largest absolute Gasteiger partial charge is 0.313 e. The van der Waals surface area contributed by atoms with Crippen molar-refractivity contribution in [2.45, 2.75) is 47.6 Å². The van der Waals surface area contributed by atoms with Crippen LogP contribution in [0.15, 0.2) is 18.2 Å². The fraction of sp³-hybridized carbons (Fsp3) is 0.471. The lowest BCUT2D eigenvalue weighted by molar-refractivity contribution is 0.674. The summed E-state index contributed by atoms with van der Waals surface area (Å²) in [5.74, 6) is 0. The molecule has 0 saturated heterocycles. The molecule has 2 rings (SSSR count). The van der Waals surface area contributed by atoms with Gasteiger partial charge in [0.05, 0.1) is 11.4 Å². The average molecular weight is 271 g/mol. The Morgan fingerprint density at radius 3 is 2.50 bits per heavy atom. The predicted octanol–water partition coefficient (Wildman–Crippen LogP) is 3.61. The van der Waals surface area contributed by atoms with Gasteiger partial charge in [-0.2, -0.15) is 5.10 Å². The van der Waals surface area contributed by atoms with Crippen molar-refractivity contribution < 1.29 is 0 Å². The molecule has 1 N–H and O–H groups in total. The minimum absolute atomic E-state index is 0.916. The Bertz CT molecular complexity index is 597. The summed E-state index contributed by atoms with van der Waals surface area (Å²) in [7, 11) is 0. The first-order chi connectivity index (χ1) is 9.54. The van der Waals surface area contributed by atoms with Crippen molar-refractivity contribution in [1.82, 2.24) is 15.1 Å². The number of benzene rings is 1. The molecule has 0 spiro atoms. The highest BCUT2D eigenvalue weighted by molar-refractivity contribution is 5.45. The fourth-order valence-corrected chi connectivity index (χ4v) is 2.36. The summed E-state index contributed by atoms with van der Waals surface area (Å²) < 4.78 is 2.07. The van der Waals surface area contributed by atoms with Crippen LogP contribution in [0.5, 0.6) is 0 Å². The van der Waals surface area contributed by atoms with Gasteiger partial charge in [-0.1, -0.05) is 19.1 Å². The van der Waals surface area contributed by atoms with Gasteiger partial charge in [-0.05, 0) is 63.4 Å². The molecule has 0 bridgehead atoms. The maximum absolute atomic E-state index is 4.67. The lowest BCUT2D eigenvalue weighted by Crippen LogP contribution is -2.14. The van der Waals surface area contributed by atoms with Crippen molar-refractivity contribution in [2.75, 3.05) is 6.54 Å². The van der Waals surface area contributed by atoms with E-state index in [9.17, 15) is 0 Å². The van der Waals surface area contributed by atoms with E-state index in [0.29, 0.717) is 0 Å². The van der Waals surface area contributed by atoms with E-state index < -0.39 is 0 Å². The van der Waals surface area contributed by atoms with E-state index in [1.54, 1.807) is 0 Å². The van der Waals surface area contributed by atoms with E-state index in [1.165, 1.54) is 28.1 Å². The molecule has 3 nitrogen and oxygen atoms in total. The predicted molar refractivity (Wildman–Crippen MR) is 84.5 cm³/mol. The molecule has 0 unspecified atom stereocenters. The van der Waals surface area contributed by atoms with E-state index in [0.717, 1.165) is 25.2 Å². The van der Waals surface area contributed by atoms with Crippen molar-refractivity contribution >= 4 is 0 Å².